The zero-order valence-corrected chi connectivity index (χ0v) is 17.9. The first kappa shape index (κ1) is 28.6. The molecule has 0 bridgehead atoms. The Morgan fingerprint density at radius 2 is 1.36 bits per heavy atom. The first-order valence-electron chi connectivity index (χ1n) is 10.5. The number of aliphatic hydroxyl groups is 10. The van der Waals surface area contributed by atoms with Gasteiger partial charge in [-0.1, -0.05) is 0 Å². The van der Waals surface area contributed by atoms with Crippen LogP contribution in [0.5, 0.6) is 0 Å². The largest absolute Gasteiger partial charge is 0.394 e. The molecule has 0 spiro atoms. The lowest BCUT2D eigenvalue weighted by Crippen LogP contribution is -2.64. The summed E-state index contributed by atoms with van der Waals surface area (Å²) in [5.74, 6) is 0. The molecular formula is C18H35NO14. The predicted molar refractivity (Wildman–Crippen MR) is 104 cm³/mol. The highest BCUT2D eigenvalue weighted by Gasteiger charge is 2.50. The molecule has 196 valence electrons. The molecule has 0 aromatic heterocycles. The summed E-state index contributed by atoms with van der Waals surface area (Å²) in [4.78, 5) is 0. The summed E-state index contributed by atoms with van der Waals surface area (Å²) in [5, 5.41) is 98.8. The zero-order chi connectivity index (χ0) is 25.0. The van der Waals surface area contributed by atoms with E-state index in [1.807, 2.05) is 0 Å². The Morgan fingerprint density at radius 1 is 0.788 bits per heavy atom. The fourth-order valence-corrected chi connectivity index (χ4v) is 3.55. The molecular weight excluding hydrogens is 454 g/mol. The highest BCUT2D eigenvalue weighted by molar-refractivity contribution is 4.93. The Hall–Kier alpha value is -0.600. The molecule has 0 radical (unpaired) electrons. The summed E-state index contributed by atoms with van der Waals surface area (Å²) in [6.45, 7) is -0.286. The fourth-order valence-electron chi connectivity index (χ4n) is 3.55. The number of ether oxygens (including phenoxy) is 4. The summed E-state index contributed by atoms with van der Waals surface area (Å²) >= 11 is 0. The van der Waals surface area contributed by atoms with Crippen LogP contribution in [-0.2, 0) is 18.9 Å². The average Bonchev–Trinajstić information content (AvgIpc) is 2.81. The van der Waals surface area contributed by atoms with Gasteiger partial charge in [0.15, 0.2) is 12.6 Å². The molecule has 0 aromatic carbocycles. The normalized spacial score (nSPS) is 43.6. The van der Waals surface area contributed by atoms with E-state index in [1.54, 1.807) is 0 Å². The Labute approximate surface area is 189 Å². The predicted octanol–water partition coefficient (Wildman–Crippen LogP) is -6.94. The van der Waals surface area contributed by atoms with Gasteiger partial charge < -0.3 is 75.7 Å². The average molecular weight is 489 g/mol. The van der Waals surface area contributed by atoms with Gasteiger partial charge in [0.05, 0.1) is 25.4 Å². The lowest BCUT2D eigenvalue weighted by atomic mass is 9.97. The molecule has 2 fully saturated rings. The number of aliphatic hydroxyl groups excluding tert-OH is 10. The van der Waals surface area contributed by atoms with Crippen molar-refractivity contribution in [2.75, 3.05) is 19.8 Å². The van der Waals surface area contributed by atoms with Crippen molar-refractivity contribution in [3.8, 4) is 0 Å². The third kappa shape index (κ3) is 6.54. The molecule has 0 aromatic rings. The minimum absolute atomic E-state index is 0.365. The van der Waals surface area contributed by atoms with Gasteiger partial charge in [-0.25, -0.2) is 0 Å². The van der Waals surface area contributed by atoms with Gasteiger partial charge in [-0.15, -0.1) is 0 Å². The SMILES string of the molecule is C[C@@H]1O[C@H](OC[C@@H](O)[C@@H](O)[C@H](O)[C@H](O)CN)[C@@H](O)[C@H](O)[C@@H]1O[C@@H]1O[C@H](CO)[C@H](O)[C@H](O)[C@H]1O. The highest BCUT2D eigenvalue weighted by atomic mass is 16.7. The number of hydrogen-bond donors (Lipinski definition) is 11. The van der Waals surface area contributed by atoms with Gasteiger partial charge in [-0.2, -0.15) is 0 Å². The van der Waals surface area contributed by atoms with Crippen LogP contribution in [0.25, 0.3) is 0 Å². The molecule has 0 unspecified atom stereocenters. The van der Waals surface area contributed by atoms with E-state index in [9.17, 15) is 51.1 Å². The van der Waals surface area contributed by atoms with Crippen LogP contribution in [0.4, 0.5) is 0 Å². The van der Waals surface area contributed by atoms with Crippen molar-refractivity contribution < 1.29 is 70.0 Å². The van der Waals surface area contributed by atoms with Crippen molar-refractivity contribution in [3.63, 3.8) is 0 Å². The molecule has 15 heteroatoms. The molecule has 33 heavy (non-hydrogen) atoms. The lowest BCUT2D eigenvalue weighted by molar-refractivity contribution is -0.356. The van der Waals surface area contributed by atoms with Crippen LogP contribution >= 0.6 is 0 Å². The maximum atomic E-state index is 10.5. The van der Waals surface area contributed by atoms with Gasteiger partial charge in [-0.05, 0) is 6.92 Å². The summed E-state index contributed by atoms with van der Waals surface area (Å²) in [7, 11) is 0. The van der Waals surface area contributed by atoms with Gasteiger partial charge in [0, 0.05) is 6.54 Å². The molecule has 2 aliphatic heterocycles. The molecule has 2 saturated heterocycles. The Balaban J connectivity index is 1.95. The first-order valence-corrected chi connectivity index (χ1v) is 10.5. The van der Waals surface area contributed by atoms with Crippen molar-refractivity contribution in [2.24, 2.45) is 5.73 Å². The summed E-state index contributed by atoms with van der Waals surface area (Å²) in [6.07, 6.45) is -21.9. The van der Waals surface area contributed by atoms with Crippen molar-refractivity contribution in [1.29, 1.82) is 0 Å². The Kier molecular flexibility index (Phi) is 10.7. The second kappa shape index (κ2) is 12.4. The molecule has 2 rings (SSSR count). The summed E-state index contributed by atoms with van der Waals surface area (Å²) in [6, 6.07) is 0. The molecule has 14 atom stereocenters. The van der Waals surface area contributed by atoms with E-state index in [4.69, 9.17) is 24.7 Å². The first-order chi connectivity index (χ1) is 15.4. The molecule has 2 heterocycles. The number of rotatable bonds is 10. The summed E-state index contributed by atoms with van der Waals surface area (Å²) in [5.41, 5.74) is 5.18. The standard InChI is InChI=1S/C18H35NO14/c1-5-16(33-18-14(28)12(26)11(25)8(3-20)32-18)13(27)15(29)17(31-5)30-4-7(22)10(24)9(23)6(21)2-19/h5-18,20-29H,2-4,19H2,1H3/t5-,6+,7+,8+,9+,10+,11-,12-,13-,14+,15-,16+,17-,18-/m0/s1. The van der Waals surface area contributed by atoms with E-state index in [2.05, 4.69) is 0 Å². The Bertz CT molecular complexity index is 586. The van der Waals surface area contributed by atoms with Gasteiger partial charge in [-0.3, -0.25) is 0 Å². The number of hydrogen-bond acceptors (Lipinski definition) is 15. The molecule has 0 amide bonds. The van der Waals surface area contributed by atoms with Crippen LogP contribution in [-0.4, -0.2) is 157 Å². The van der Waals surface area contributed by atoms with E-state index in [1.165, 1.54) is 6.92 Å². The smallest absolute Gasteiger partial charge is 0.187 e. The van der Waals surface area contributed by atoms with Crippen molar-refractivity contribution in [1.82, 2.24) is 0 Å². The van der Waals surface area contributed by atoms with E-state index in [0.29, 0.717) is 0 Å². The molecule has 0 saturated carbocycles. The van der Waals surface area contributed by atoms with E-state index in [-0.39, 0.29) is 6.54 Å². The third-order valence-electron chi connectivity index (χ3n) is 5.73. The summed E-state index contributed by atoms with van der Waals surface area (Å²) < 4.78 is 21.3. The quantitative estimate of drug-likeness (QED) is 0.136. The van der Waals surface area contributed by atoms with Crippen LogP contribution in [0.1, 0.15) is 6.92 Å². The zero-order valence-electron chi connectivity index (χ0n) is 17.9. The van der Waals surface area contributed by atoms with Crippen LogP contribution in [0, 0.1) is 0 Å². The minimum Gasteiger partial charge on any atom is -0.394 e. The topological polar surface area (TPSA) is 265 Å². The Morgan fingerprint density at radius 3 is 1.94 bits per heavy atom. The minimum atomic E-state index is -1.83. The molecule has 15 nitrogen and oxygen atoms in total. The highest BCUT2D eigenvalue weighted by Crippen LogP contribution is 2.29. The fraction of sp³-hybridized carbons (Fsp3) is 1.00. The van der Waals surface area contributed by atoms with E-state index >= 15 is 0 Å². The van der Waals surface area contributed by atoms with Crippen molar-refractivity contribution in [3.05, 3.63) is 0 Å². The van der Waals surface area contributed by atoms with Crippen LogP contribution < -0.4 is 5.73 Å². The monoisotopic (exact) mass is 489 g/mol. The second-order valence-electron chi connectivity index (χ2n) is 8.17. The third-order valence-corrected chi connectivity index (χ3v) is 5.73. The second-order valence-corrected chi connectivity index (χ2v) is 8.17. The number of nitrogens with two attached hydrogens (primary N) is 1. The van der Waals surface area contributed by atoms with Crippen molar-refractivity contribution in [2.45, 2.75) is 92.8 Å². The van der Waals surface area contributed by atoms with E-state index < -0.39 is 99.0 Å². The van der Waals surface area contributed by atoms with Crippen LogP contribution in [0.15, 0.2) is 0 Å². The lowest BCUT2D eigenvalue weighted by Gasteiger charge is -2.45. The maximum absolute atomic E-state index is 10.5. The van der Waals surface area contributed by atoms with Gasteiger partial charge in [0.1, 0.15) is 61.0 Å². The van der Waals surface area contributed by atoms with Crippen molar-refractivity contribution >= 4 is 0 Å². The molecule has 0 aliphatic carbocycles. The van der Waals surface area contributed by atoms with Crippen LogP contribution in [0.3, 0.4) is 0 Å². The molecule has 2 aliphatic rings. The van der Waals surface area contributed by atoms with E-state index in [0.717, 1.165) is 0 Å². The van der Waals surface area contributed by atoms with Crippen LogP contribution in [0.2, 0.25) is 0 Å². The van der Waals surface area contributed by atoms with Gasteiger partial charge in [0.25, 0.3) is 0 Å². The molecule has 12 N–H and O–H groups in total. The maximum Gasteiger partial charge on any atom is 0.187 e. The van der Waals surface area contributed by atoms with Gasteiger partial charge >= 0.3 is 0 Å². The van der Waals surface area contributed by atoms with Gasteiger partial charge in [0.2, 0.25) is 0 Å².